The van der Waals surface area contributed by atoms with Crippen LogP contribution in [0.2, 0.25) is 0 Å². The second-order valence-electron chi connectivity index (χ2n) is 16.9. The van der Waals surface area contributed by atoms with Gasteiger partial charge in [-0.1, -0.05) is 161 Å². The average molecular weight is 774 g/mol. The Morgan fingerprint density at radius 1 is 0.582 bits per heavy atom. The quantitative estimate of drug-likeness (QED) is 0.0380. The van der Waals surface area contributed by atoms with Crippen molar-refractivity contribution in [3.63, 3.8) is 0 Å². The lowest BCUT2D eigenvalue weighted by Crippen LogP contribution is -2.36. The summed E-state index contributed by atoms with van der Waals surface area (Å²) in [6, 6.07) is 0.602. The summed E-state index contributed by atoms with van der Waals surface area (Å²) in [6.45, 7) is 9.35. The number of aliphatic hydroxyl groups is 1. The molecule has 6 nitrogen and oxygen atoms in total. The molecule has 2 unspecified atom stereocenters. The van der Waals surface area contributed by atoms with Crippen LogP contribution in [0.3, 0.4) is 0 Å². The second kappa shape index (κ2) is 39.2. The minimum Gasteiger partial charge on any atom is -0.465 e. The predicted octanol–water partition coefficient (Wildman–Crippen LogP) is 13.6. The number of ether oxygens (including phenoxy) is 2. The van der Waals surface area contributed by atoms with Gasteiger partial charge in [0.05, 0.1) is 19.8 Å². The molecule has 1 rings (SSSR count). The number of hydrogen-bond acceptors (Lipinski definition) is 6. The topological polar surface area (TPSA) is 76.1 Å². The summed E-state index contributed by atoms with van der Waals surface area (Å²) < 4.78 is 11.8. The third-order valence-electron chi connectivity index (χ3n) is 11.7. The van der Waals surface area contributed by atoms with Gasteiger partial charge in [0.25, 0.3) is 0 Å². The number of carbonyl (C=O) groups is 2. The van der Waals surface area contributed by atoms with Gasteiger partial charge >= 0.3 is 11.9 Å². The number of hydrogen-bond donors (Lipinski definition) is 1. The summed E-state index contributed by atoms with van der Waals surface area (Å²) >= 11 is 0. The van der Waals surface area contributed by atoms with E-state index in [0.29, 0.717) is 38.0 Å². The lowest BCUT2D eigenvalue weighted by molar-refractivity contribution is -0.150. The van der Waals surface area contributed by atoms with Crippen molar-refractivity contribution in [2.75, 3.05) is 32.9 Å². The largest absolute Gasteiger partial charge is 0.465 e. The number of allylic oxidation sites excluding steroid dienone is 4. The Kier molecular flexibility index (Phi) is 36.6. The maximum atomic E-state index is 13.2. The van der Waals surface area contributed by atoms with Gasteiger partial charge in [-0.15, -0.1) is 0 Å². The van der Waals surface area contributed by atoms with Crippen LogP contribution in [0.4, 0.5) is 0 Å². The van der Waals surface area contributed by atoms with E-state index >= 15 is 0 Å². The molecule has 1 N–H and O–H groups in total. The molecule has 1 fully saturated rings. The van der Waals surface area contributed by atoms with Crippen LogP contribution in [-0.4, -0.2) is 60.9 Å². The summed E-state index contributed by atoms with van der Waals surface area (Å²) in [5.74, 6) is 0.229. The van der Waals surface area contributed by atoms with Crippen LogP contribution in [0.15, 0.2) is 24.3 Å². The average Bonchev–Trinajstić information content (AvgIpc) is 3.73. The van der Waals surface area contributed by atoms with Gasteiger partial charge in [-0.05, 0) is 89.5 Å². The van der Waals surface area contributed by atoms with Crippen molar-refractivity contribution in [1.29, 1.82) is 0 Å². The number of aliphatic hydroxyl groups excluding tert-OH is 1. The van der Waals surface area contributed by atoms with E-state index in [1.807, 2.05) is 0 Å². The predicted molar refractivity (Wildman–Crippen MR) is 234 cm³/mol. The molecule has 0 aromatic rings. The van der Waals surface area contributed by atoms with Crippen molar-refractivity contribution < 1.29 is 24.2 Å². The molecule has 1 aliphatic carbocycles. The first kappa shape index (κ1) is 51.4. The highest BCUT2D eigenvalue weighted by atomic mass is 16.5. The summed E-state index contributed by atoms with van der Waals surface area (Å²) in [6.07, 6.45) is 45.8. The Balaban J connectivity index is 2.50. The molecule has 0 saturated heterocycles. The fourth-order valence-corrected chi connectivity index (χ4v) is 8.13. The van der Waals surface area contributed by atoms with Gasteiger partial charge in [0.15, 0.2) is 0 Å². The summed E-state index contributed by atoms with van der Waals surface area (Å²) in [5, 5.41) is 9.65. The van der Waals surface area contributed by atoms with Gasteiger partial charge in [0.1, 0.15) is 0 Å². The zero-order valence-electron chi connectivity index (χ0n) is 36.7. The molecule has 0 heterocycles. The second-order valence-corrected chi connectivity index (χ2v) is 16.9. The highest BCUT2D eigenvalue weighted by molar-refractivity contribution is 5.70. The van der Waals surface area contributed by atoms with Crippen molar-refractivity contribution in [2.24, 2.45) is 11.8 Å². The monoisotopic (exact) mass is 774 g/mol. The van der Waals surface area contributed by atoms with Gasteiger partial charge in [0, 0.05) is 31.3 Å². The molecule has 322 valence electrons. The highest BCUT2D eigenvalue weighted by Gasteiger charge is 2.22. The molecular formula is C49H91NO5. The van der Waals surface area contributed by atoms with E-state index in [1.54, 1.807) is 0 Å². The van der Waals surface area contributed by atoms with Crippen LogP contribution >= 0.6 is 0 Å². The molecule has 0 radical (unpaired) electrons. The van der Waals surface area contributed by atoms with E-state index in [0.717, 1.165) is 77.3 Å². The lowest BCUT2D eigenvalue weighted by Gasteiger charge is -2.28. The molecule has 6 heteroatoms. The normalized spacial score (nSPS) is 14.8. The Morgan fingerprint density at radius 2 is 1.07 bits per heavy atom. The number of unbranched alkanes of at least 4 members (excludes halogenated alkanes) is 17. The van der Waals surface area contributed by atoms with E-state index in [2.05, 4.69) is 50.0 Å². The van der Waals surface area contributed by atoms with Crippen molar-refractivity contribution in [3.8, 4) is 0 Å². The van der Waals surface area contributed by atoms with Gasteiger partial charge in [-0.25, -0.2) is 0 Å². The fraction of sp³-hybridized carbons (Fsp3) is 0.878. The van der Waals surface area contributed by atoms with Crippen molar-refractivity contribution in [2.45, 2.75) is 232 Å². The molecular weight excluding hydrogens is 683 g/mol. The summed E-state index contributed by atoms with van der Waals surface area (Å²) in [7, 11) is 0. The van der Waals surface area contributed by atoms with Crippen molar-refractivity contribution in [3.05, 3.63) is 24.3 Å². The Hall–Kier alpha value is -1.66. The smallest absolute Gasteiger partial charge is 0.306 e. The molecule has 0 aliphatic heterocycles. The molecule has 55 heavy (non-hydrogen) atoms. The number of rotatable bonds is 40. The number of carbonyl (C=O) groups excluding carboxylic acids is 2. The zero-order chi connectivity index (χ0) is 39.9. The van der Waals surface area contributed by atoms with Gasteiger partial charge < -0.3 is 14.6 Å². The Labute approximate surface area is 341 Å². The Morgan fingerprint density at radius 3 is 1.71 bits per heavy atom. The van der Waals surface area contributed by atoms with Gasteiger partial charge in [-0.3, -0.25) is 14.5 Å². The zero-order valence-corrected chi connectivity index (χ0v) is 36.7. The first-order chi connectivity index (χ1) is 27.0. The molecule has 0 aromatic heterocycles. The third-order valence-corrected chi connectivity index (χ3v) is 11.7. The molecule has 1 aliphatic rings. The van der Waals surface area contributed by atoms with Crippen LogP contribution in [0, 0.1) is 11.8 Å². The lowest BCUT2D eigenvalue weighted by atomic mass is 9.91. The maximum absolute atomic E-state index is 13.2. The molecule has 0 bridgehead atoms. The van der Waals surface area contributed by atoms with Gasteiger partial charge in [0.2, 0.25) is 0 Å². The number of nitrogens with zero attached hydrogens (tertiary/aromatic N) is 1. The van der Waals surface area contributed by atoms with Crippen molar-refractivity contribution >= 4 is 11.9 Å². The standard InChI is InChI=1S/C49H91NO5/c1-4-7-10-13-15-16-17-18-19-20-21-22-23-25-28-38-48(52)54-43-46(35-31-32-39-50(40-41-51)47-36-29-30-37-47)44-55-49(53)42-45(33-26-12-9-6-3)34-27-24-14-11-8-5-2/h15-16,18-19,45-47,51H,4-14,17,20-44H2,1-3H3/b16-15-,19-18-. The summed E-state index contributed by atoms with van der Waals surface area (Å²) in [4.78, 5) is 28.4. The molecule has 1 saturated carbocycles. The minimum absolute atomic E-state index is 0.0249. The third kappa shape index (κ3) is 32.0. The van der Waals surface area contributed by atoms with Crippen LogP contribution in [-0.2, 0) is 19.1 Å². The van der Waals surface area contributed by atoms with E-state index < -0.39 is 0 Å². The first-order valence-electron chi connectivity index (χ1n) is 24.0. The Bertz CT molecular complexity index is 913. The van der Waals surface area contributed by atoms with Crippen LogP contribution in [0.25, 0.3) is 0 Å². The van der Waals surface area contributed by atoms with Crippen LogP contribution < -0.4 is 0 Å². The minimum atomic E-state index is -0.122. The summed E-state index contributed by atoms with van der Waals surface area (Å²) in [5.41, 5.74) is 0. The fourth-order valence-electron chi connectivity index (χ4n) is 8.13. The molecule has 2 atom stereocenters. The SMILES string of the molecule is CCCCC/C=C\C/C=C\CCCCCCCC(=O)OCC(CCCCN(CCO)C1CCCC1)COC(=O)CC(CCCCCC)CCCCCCCC. The highest BCUT2D eigenvalue weighted by Crippen LogP contribution is 2.25. The first-order valence-corrected chi connectivity index (χ1v) is 24.0. The molecule has 0 spiro atoms. The number of esters is 2. The van der Waals surface area contributed by atoms with Crippen LogP contribution in [0.5, 0.6) is 0 Å². The van der Waals surface area contributed by atoms with Gasteiger partial charge in [-0.2, -0.15) is 0 Å². The van der Waals surface area contributed by atoms with E-state index in [-0.39, 0.29) is 24.5 Å². The van der Waals surface area contributed by atoms with Crippen LogP contribution in [0.1, 0.15) is 226 Å². The van der Waals surface area contributed by atoms with E-state index in [1.165, 1.54) is 128 Å². The molecule has 0 aromatic carbocycles. The van der Waals surface area contributed by atoms with E-state index in [9.17, 15) is 14.7 Å². The van der Waals surface area contributed by atoms with Crippen molar-refractivity contribution in [1.82, 2.24) is 4.90 Å². The van der Waals surface area contributed by atoms with E-state index in [4.69, 9.17) is 9.47 Å². The molecule has 0 amide bonds. The maximum Gasteiger partial charge on any atom is 0.306 e.